The van der Waals surface area contributed by atoms with Gasteiger partial charge in [-0.2, -0.15) is 8.42 Å². The van der Waals surface area contributed by atoms with Crippen LogP contribution in [-0.2, 0) is 15.0 Å². The lowest BCUT2D eigenvalue weighted by atomic mass is 10.1. The lowest BCUT2D eigenvalue weighted by Crippen LogP contribution is -2.11. The minimum absolute atomic E-state index is 0.0185. The maximum atomic E-state index is 12.0. The first-order chi connectivity index (χ1) is 6.08. The van der Waals surface area contributed by atoms with Crippen LogP contribution in [0.5, 0.6) is 0 Å². The van der Waals surface area contributed by atoms with Gasteiger partial charge in [-0.05, 0) is 18.8 Å². The van der Waals surface area contributed by atoms with Gasteiger partial charge in [0.2, 0.25) is 0 Å². The Bertz CT molecular complexity index is 232. The molecule has 0 heterocycles. The van der Waals surface area contributed by atoms with Gasteiger partial charge in [0, 0.05) is 6.61 Å². The van der Waals surface area contributed by atoms with Crippen molar-refractivity contribution in [2.24, 2.45) is 5.92 Å². The third kappa shape index (κ3) is 5.21. The Morgan fingerprint density at radius 1 is 1.31 bits per heavy atom. The zero-order chi connectivity index (χ0) is 9.73. The second kappa shape index (κ2) is 4.91. The molecule has 0 unspecified atom stereocenters. The van der Waals surface area contributed by atoms with Crippen molar-refractivity contribution in [2.75, 3.05) is 19.0 Å². The van der Waals surface area contributed by atoms with E-state index in [0.717, 1.165) is 12.8 Å². The molecule has 0 amide bonds. The summed E-state index contributed by atoms with van der Waals surface area (Å²) in [5, 5.41) is 0. The third-order valence-corrected chi connectivity index (χ3v) is 2.95. The fraction of sp³-hybridized carbons (Fsp3) is 1.00. The summed E-state index contributed by atoms with van der Waals surface area (Å²) >= 11 is 0. The SMILES string of the molecule is O=S(=O)(F)CCOCC1CCCC1. The first kappa shape index (κ1) is 10.9. The minimum atomic E-state index is -4.34. The maximum absolute atomic E-state index is 12.0. The molecule has 0 spiro atoms. The van der Waals surface area contributed by atoms with Crippen molar-refractivity contribution in [3.05, 3.63) is 0 Å². The van der Waals surface area contributed by atoms with E-state index < -0.39 is 16.0 Å². The number of rotatable bonds is 5. The monoisotopic (exact) mass is 210 g/mol. The van der Waals surface area contributed by atoms with Gasteiger partial charge in [-0.25, -0.2) is 0 Å². The summed E-state index contributed by atoms with van der Waals surface area (Å²) in [6.45, 7) is 0.560. The minimum Gasteiger partial charge on any atom is -0.380 e. The summed E-state index contributed by atoms with van der Waals surface area (Å²) in [5.74, 6) is 0.0435. The number of ether oxygens (including phenoxy) is 1. The normalized spacial score (nSPS) is 19.5. The Hall–Kier alpha value is -0.160. The molecule has 0 bridgehead atoms. The van der Waals surface area contributed by atoms with Crippen molar-refractivity contribution in [3.63, 3.8) is 0 Å². The summed E-state index contributed by atoms with van der Waals surface area (Å²) in [6.07, 6.45) is 4.77. The van der Waals surface area contributed by atoms with Gasteiger partial charge in [0.1, 0.15) is 5.75 Å². The topological polar surface area (TPSA) is 43.4 Å². The van der Waals surface area contributed by atoms with Crippen LogP contribution in [0.3, 0.4) is 0 Å². The highest BCUT2D eigenvalue weighted by atomic mass is 32.3. The van der Waals surface area contributed by atoms with E-state index >= 15 is 0 Å². The molecule has 3 nitrogen and oxygen atoms in total. The van der Waals surface area contributed by atoms with E-state index in [1.807, 2.05) is 0 Å². The summed E-state index contributed by atoms with van der Waals surface area (Å²) < 4.78 is 37.2. The first-order valence-corrected chi connectivity index (χ1v) is 6.13. The standard InChI is InChI=1S/C8H15FO3S/c9-13(10,11)6-5-12-7-8-3-1-2-4-8/h8H,1-7H2. The number of hydrogen-bond acceptors (Lipinski definition) is 3. The van der Waals surface area contributed by atoms with Crippen molar-refractivity contribution in [3.8, 4) is 0 Å². The van der Waals surface area contributed by atoms with Crippen molar-refractivity contribution in [2.45, 2.75) is 25.7 Å². The van der Waals surface area contributed by atoms with E-state index in [9.17, 15) is 12.3 Å². The molecule has 0 aromatic carbocycles. The molecular weight excluding hydrogens is 195 g/mol. The lowest BCUT2D eigenvalue weighted by molar-refractivity contribution is 0.113. The quantitative estimate of drug-likeness (QED) is 0.510. The van der Waals surface area contributed by atoms with Crippen molar-refractivity contribution >= 4 is 10.2 Å². The lowest BCUT2D eigenvalue weighted by Gasteiger charge is -2.08. The number of hydrogen-bond donors (Lipinski definition) is 0. The van der Waals surface area contributed by atoms with Crippen LogP contribution in [0.2, 0.25) is 0 Å². The number of halogens is 1. The van der Waals surface area contributed by atoms with Crippen LogP contribution < -0.4 is 0 Å². The summed E-state index contributed by atoms with van der Waals surface area (Å²) in [6, 6.07) is 0. The summed E-state index contributed by atoms with van der Waals surface area (Å²) in [4.78, 5) is 0. The molecule has 0 aliphatic heterocycles. The second-order valence-corrected chi connectivity index (χ2v) is 4.95. The molecule has 0 aromatic heterocycles. The molecular formula is C8H15FO3S. The molecule has 0 atom stereocenters. The maximum Gasteiger partial charge on any atom is 0.304 e. The molecule has 1 aliphatic carbocycles. The van der Waals surface area contributed by atoms with E-state index in [0.29, 0.717) is 12.5 Å². The smallest absolute Gasteiger partial charge is 0.304 e. The second-order valence-electron chi connectivity index (χ2n) is 3.47. The van der Waals surface area contributed by atoms with E-state index in [1.165, 1.54) is 12.8 Å². The van der Waals surface area contributed by atoms with Gasteiger partial charge in [-0.1, -0.05) is 12.8 Å². The summed E-state index contributed by atoms with van der Waals surface area (Å²) in [5.41, 5.74) is 0. The molecule has 5 heteroatoms. The van der Waals surface area contributed by atoms with Crippen LogP contribution in [0.25, 0.3) is 0 Å². The van der Waals surface area contributed by atoms with Crippen LogP contribution in [0.4, 0.5) is 3.89 Å². The summed E-state index contributed by atoms with van der Waals surface area (Å²) in [7, 11) is -4.34. The van der Waals surface area contributed by atoms with Crippen LogP contribution in [0.15, 0.2) is 0 Å². The molecule has 78 valence electrons. The van der Waals surface area contributed by atoms with Crippen LogP contribution in [0.1, 0.15) is 25.7 Å². The van der Waals surface area contributed by atoms with Crippen LogP contribution in [-0.4, -0.2) is 27.4 Å². The zero-order valence-electron chi connectivity index (χ0n) is 7.54. The molecule has 0 saturated heterocycles. The molecule has 1 aliphatic rings. The van der Waals surface area contributed by atoms with Gasteiger partial charge in [0.05, 0.1) is 6.61 Å². The molecule has 0 N–H and O–H groups in total. The van der Waals surface area contributed by atoms with E-state index in [4.69, 9.17) is 4.74 Å². The van der Waals surface area contributed by atoms with Gasteiger partial charge >= 0.3 is 10.2 Å². The Labute approximate surface area is 78.5 Å². The van der Waals surface area contributed by atoms with Gasteiger partial charge in [-0.15, -0.1) is 3.89 Å². The average molecular weight is 210 g/mol. The highest BCUT2D eigenvalue weighted by Crippen LogP contribution is 2.24. The predicted molar refractivity (Wildman–Crippen MR) is 47.7 cm³/mol. The van der Waals surface area contributed by atoms with E-state index in [2.05, 4.69) is 0 Å². The Kier molecular flexibility index (Phi) is 4.12. The third-order valence-electron chi connectivity index (χ3n) is 2.30. The van der Waals surface area contributed by atoms with E-state index in [1.54, 1.807) is 0 Å². The fourth-order valence-electron chi connectivity index (χ4n) is 1.59. The molecule has 1 saturated carbocycles. The van der Waals surface area contributed by atoms with Gasteiger partial charge in [0.25, 0.3) is 0 Å². The molecule has 1 rings (SSSR count). The molecule has 0 radical (unpaired) electrons. The molecule has 0 aromatic rings. The van der Waals surface area contributed by atoms with Crippen molar-refractivity contribution in [1.82, 2.24) is 0 Å². The Morgan fingerprint density at radius 3 is 2.46 bits per heavy atom. The van der Waals surface area contributed by atoms with Crippen LogP contribution in [0, 0.1) is 5.92 Å². The van der Waals surface area contributed by atoms with Crippen molar-refractivity contribution < 1.29 is 17.0 Å². The van der Waals surface area contributed by atoms with Crippen molar-refractivity contribution in [1.29, 1.82) is 0 Å². The van der Waals surface area contributed by atoms with Crippen LogP contribution >= 0.6 is 0 Å². The Morgan fingerprint density at radius 2 is 1.92 bits per heavy atom. The predicted octanol–water partition coefficient (Wildman–Crippen LogP) is 1.49. The average Bonchev–Trinajstić information content (AvgIpc) is 2.48. The van der Waals surface area contributed by atoms with Gasteiger partial charge < -0.3 is 4.74 Å². The molecule has 1 fully saturated rings. The highest BCUT2D eigenvalue weighted by molar-refractivity contribution is 7.86. The Balaban J connectivity index is 2.01. The molecule has 13 heavy (non-hydrogen) atoms. The van der Waals surface area contributed by atoms with Gasteiger partial charge in [-0.3, -0.25) is 0 Å². The van der Waals surface area contributed by atoms with Gasteiger partial charge in [0.15, 0.2) is 0 Å². The highest BCUT2D eigenvalue weighted by Gasteiger charge is 2.15. The largest absolute Gasteiger partial charge is 0.380 e. The van der Waals surface area contributed by atoms with E-state index in [-0.39, 0.29) is 6.61 Å². The first-order valence-electron chi connectivity index (χ1n) is 4.58. The zero-order valence-corrected chi connectivity index (χ0v) is 8.35. The fourth-order valence-corrected chi connectivity index (χ4v) is 1.90.